The second-order valence-corrected chi connectivity index (χ2v) is 8.79. The number of nitrogens with zero attached hydrogens (tertiary/aromatic N) is 4. The molecule has 10 heteroatoms. The van der Waals surface area contributed by atoms with Crippen LogP contribution in [0.5, 0.6) is 11.5 Å². The van der Waals surface area contributed by atoms with Crippen LogP contribution in [0.3, 0.4) is 0 Å². The van der Waals surface area contributed by atoms with Crippen molar-refractivity contribution in [3.63, 3.8) is 0 Å². The van der Waals surface area contributed by atoms with Gasteiger partial charge in [-0.3, -0.25) is 4.79 Å². The van der Waals surface area contributed by atoms with E-state index in [9.17, 15) is 13.2 Å². The fraction of sp³-hybridized carbons (Fsp3) is 0.368. The number of aryl methyl sites for hydroxylation is 1. The second kappa shape index (κ2) is 7.88. The topological polar surface area (TPSA) is 94.0 Å². The Hall–Kier alpha value is -2.85. The van der Waals surface area contributed by atoms with Gasteiger partial charge in [0, 0.05) is 45.5 Å². The smallest absolute Gasteiger partial charge is 0.262 e. The minimum Gasteiger partial charge on any atom is -0.454 e. The van der Waals surface area contributed by atoms with Crippen LogP contribution in [-0.4, -0.2) is 66.1 Å². The maximum atomic E-state index is 12.7. The van der Waals surface area contributed by atoms with Gasteiger partial charge >= 0.3 is 0 Å². The van der Waals surface area contributed by atoms with Crippen LogP contribution in [0.15, 0.2) is 41.8 Å². The molecule has 1 aromatic heterocycles. The number of benzene rings is 1. The molecule has 0 aliphatic carbocycles. The number of imidazole rings is 1. The molecular weight excluding hydrogens is 396 g/mol. The summed E-state index contributed by atoms with van der Waals surface area (Å²) in [5, 5.41) is 0.0301. The lowest BCUT2D eigenvalue weighted by Gasteiger charge is -2.20. The van der Waals surface area contributed by atoms with Crippen molar-refractivity contribution in [2.45, 2.75) is 11.4 Å². The van der Waals surface area contributed by atoms with Crippen molar-refractivity contribution in [1.29, 1.82) is 0 Å². The molecule has 154 valence electrons. The average Bonchev–Trinajstić information content (AvgIpc) is 3.27. The SMILES string of the molecule is Cn1cnc(S(=O)(=O)N2CCCN(C(=O)/C=C/c3ccc4c(c3)OCO4)CC2)c1. The molecule has 4 rings (SSSR count). The first-order chi connectivity index (χ1) is 13.9. The Kier molecular flexibility index (Phi) is 5.29. The van der Waals surface area contributed by atoms with Gasteiger partial charge in [-0.05, 0) is 30.2 Å². The highest BCUT2D eigenvalue weighted by Crippen LogP contribution is 2.32. The minimum atomic E-state index is -3.66. The molecule has 2 aliphatic heterocycles. The summed E-state index contributed by atoms with van der Waals surface area (Å²) in [5.41, 5.74) is 0.830. The van der Waals surface area contributed by atoms with Crippen LogP contribution in [0.4, 0.5) is 0 Å². The van der Waals surface area contributed by atoms with Crippen LogP contribution in [0.2, 0.25) is 0 Å². The highest BCUT2D eigenvalue weighted by atomic mass is 32.2. The van der Waals surface area contributed by atoms with Gasteiger partial charge in [0.2, 0.25) is 12.7 Å². The van der Waals surface area contributed by atoms with E-state index in [2.05, 4.69) is 4.98 Å². The molecular formula is C19H22N4O5S. The van der Waals surface area contributed by atoms with Crippen molar-refractivity contribution in [3.8, 4) is 11.5 Å². The van der Waals surface area contributed by atoms with Crippen molar-refractivity contribution in [3.05, 3.63) is 42.4 Å². The minimum absolute atomic E-state index is 0.0301. The Balaban J connectivity index is 1.39. The summed E-state index contributed by atoms with van der Waals surface area (Å²) in [7, 11) is -1.93. The number of ether oxygens (including phenoxy) is 2. The van der Waals surface area contributed by atoms with E-state index in [4.69, 9.17) is 9.47 Å². The monoisotopic (exact) mass is 418 g/mol. The number of fused-ring (bicyclic) bond motifs is 1. The lowest BCUT2D eigenvalue weighted by molar-refractivity contribution is -0.125. The number of carbonyl (C=O) groups excluding carboxylic acids is 1. The summed E-state index contributed by atoms with van der Waals surface area (Å²) in [4.78, 5) is 18.2. The first-order valence-electron chi connectivity index (χ1n) is 9.28. The van der Waals surface area contributed by atoms with E-state index >= 15 is 0 Å². The van der Waals surface area contributed by atoms with Gasteiger partial charge in [-0.2, -0.15) is 4.31 Å². The second-order valence-electron chi connectivity index (χ2n) is 6.91. The molecule has 1 aromatic carbocycles. The molecule has 0 unspecified atom stereocenters. The predicted molar refractivity (Wildman–Crippen MR) is 105 cm³/mol. The molecule has 0 bridgehead atoms. The standard InChI is InChI=1S/C19H22N4O5S/c1-21-12-18(20-13-21)29(25,26)23-8-2-7-22(9-10-23)19(24)6-4-15-3-5-16-17(11-15)28-14-27-16/h3-6,11-13H,2,7-10,14H2,1H3/b6-4+. The molecule has 0 spiro atoms. The van der Waals surface area contributed by atoms with Gasteiger partial charge in [-0.25, -0.2) is 13.4 Å². The van der Waals surface area contributed by atoms with Crippen molar-refractivity contribution in [2.75, 3.05) is 33.0 Å². The van der Waals surface area contributed by atoms with Crippen LogP contribution in [0.25, 0.3) is 6.08 Å². The van der Waals surface area contributed by atoms with Crippen molar-refractivity contribution < 1.29 is 22.7 Å². The zero-order valence-electron chi connectivity index (χ0n) is 16.0. The quantitative estimate of drug-likeness (QED) is 0.690. The van der Waals surface area contributed by atoms with E-state index in [1.165, 1.54) is 22.9 Å². The molecule has 9 nitrogen and oxygen atoms in total. The molecule has 2 aliphatic rings. The van der Waals surface area contributed by atoms with Crippen LogP contribution < -0.4 is 9.47 Å². The number of aromatic nitrogens is 2. The van der Waals surface area contributed by atoms with Gasteiger partial charge in [-0.1, -0.05) is 6.07 Å². The summed E-state index contributed by atoms with van der Waals surface area (Å²) in [6, 6.07) is 5.47. The first kappa shape index (κ1) is 19.5. The molecule has 0 N–H and O–H groups in total. The summed E-state index contributed by atoms with van der Waals surface area (Å²) in [6.07, 6.45) is 6.73. The largest absolute Gasteiger partial charge is 0.454 e. The average molecular weight is 418 g/mol. The van der Waals surface area contributed by atoms with Crippen LogP contribution in [0.1, 0.15) is 12.0 Å². The van der Waals surface area contributed by atoms with Crippen LogP contribution in [-0.2, 0) is 21.9 Å². The summed E-state index contributed by atoms with van der Waals surface area (Å²) < 4.78 is 39.1. The molecule has 3 heterocycles. The zero-order valence-corrected chi connectivity index (χ0v) is 16.8. The number of rotatable bonds is 4. The van der Waals surface area contributed by atoms with Gasteiger partial charge in [0.1, 0.15) is 0 Å². The normalized spacial score (nSPS) is 17.6. The van der Waals surface area contributed by atoms with E-state index in [0.29, 0.717) is 37.6 Å². The van der Waals surface area contributed by atoms with Crippen LogP contribution in [0, 0.1) is 0 Å². The molecule has 0 radical (unpaired) electrons. The van der Waals surface area contributed by atoms with Crippen LogP contribution >= 0.6 is 0 Å². The van der Waals surface area contributed by atoms with Crippen molar-refractivity contribution in [2.24, 2.45) is 7.05 Å². The fourth-order valence-electron chi connectivity index (χ4n) is 3.30. The molecule has 1 amide bonds. The first-order valence-corrected chi connectivity index (χ1v) is 10.7. The third-order valence-corrected chi connectivity index (χ3v) is 6.65. The number of amides is 1. The number of hydrogen-bond donors (Lipinski definition) is 0. The molecule has 1 saturated heterocycles. The molecule has 0 atom stereocenters. The predicted octanol–water partition coefficient (Wildman–Crippen LogP) is 1.09. The molecule has 1 fully saturated rings. The van der Waals surface area contributed by atoms with E-state index in [0.717, 1.165) is 5.56 Å². The fourth-order valence-corrected chi connectivity index (χ4v) is 4.73. The number of carbonyl (C=O) groups is 1. The molecule has 0 saturated carbocycles. The zero-order chi connectivity index (χ0) is 20.4. The Labute approximate surface area is 169 Å². The van der Waals surface area contributed by atoms with Gasteiger partial charge in [-0.15, -0.1) is 0 Å². The van der Waals surface area contributed by atoms with Gasteiger partial charge < -0.3 is 18.9 Å². The molecule has 2 aromatic rings. The highest BCUT2D eigenvalue weighted by molar-refractivity contribution is 7.89. The van der Waals surface area contributed by atoms with E-state index in [-0.39, 0.29) is 24.3 Å². The van der Waals surface area contributed by atoms with Crippen molar-refractivity contribution in [1.82, 2.24) is 18.8 Å². The maximum Gasteiger partial charge on any atom is 0.262 e. The number of hydrogen-bond acceptors (Lipinski definition) is 6. The van der Waals surface area contributed by atoms with Crippen molar-refractivity contribution >= 4 is 22.0 Å². The summed E-state index contributed by atoms with van der Waals surface area (Å²) in [6.45, 7) is 1.62. The van der Waals surface area contributed by atoms with Gasteiger partial charge in [0.15, 0.2) is 16.5 Å². The van der Waals surface area contributed by atoms with E-state index in [1.807, 2.05) is 12.1 Å². The van der Waals surface area contributed by atoms with Gasteiger partial charge in [0.25, 0.3) is 10.0 Å². The Morgan fingerprint density at radius 1 is 1.14 bits per heavy atom. The molecule has 29 heavy (non-hydrogen) atoms. The lowest BCUT2D eigenvalue weighted by atomic mass is 10.2. The summed E-state index contributed by atoms with van der Waals surface area (Å²) >= 11 is 0. The lowest BCUT2D eigenvalue weighted by Crippen LogP contribution is -2.36. The maximum absolute atomic E-state index is 12.7. The Bertz CT molecular complexity index is 1050. The number of sulfonamides is 1. The Morgan fingerprint density at radius 3 is 2.76 bits per heavy atom. The Morgan fingerprint density at radius 2 is 1.97 bits per heavy atom. The third kappa shape index (κ3) is 4.13. The van der Waals surface area contributed by atoms with E-state index < -0.39 is 10.0 Å². The van der Waals surface area contributed by atoms with E-state index in [1.54, 1.807) is 28.7 Å². The third-order valence-electron chi connectivity index (χ3n) is 4.87. The summed E-state index contributed by atoms with van der Waals surface area (Å²) in [5.74, 6) is 1.19. The van der Waals surface area contributed by atoms with Gasteiger partial charge in [0.05, 0.1) is 6.33 Å². The highest BCUT2D eigenvalue weighted by Gasteiger charge is 2.29.